The number of halogens is 1. The minimum Gasteiger partial charge on any atom is -0.493 e. The monoisotopic (exact) mass is 325 g/mol. The van der Waals surface area contributed by atoms with Crippen LogP contribution in [-0.4, -0.2) is 12.8 Å². The first kappa shape index (κ1) is 16.7. The number of aliphatic imine (C=N–C) groups is 1. The maximum absolute atomic E-state index is 14.2. The van der Waals surface area contributed by atoms with Crippen molar-refractivity contribution in [3.05, 3.63) is 59.4 Å². The molecule has 2 aromatic rings. The van der Waals surface area contributed by atoms with Crippen molar-refractivity contribution >= 4 is 11.9 Å². The number of para-hydroxylation sites is 1. The minimum absolute atomic E-state index is 0.214. The average molecular weight is 325 g/mol. The van der Waals surface area contributed by atoms with Gasteiger partial charge in [0.2, 0.25) is 0 Å². The molecule has 0 spiro atoms. The van der Waals surface area contributed by atoms with Crippen LogP contribution in [0, 0.1) is 5.82 Å². The summed E-state index contributed by atoms with van der Waals surface area (Å²) in [6.45, 7) is 2.53. The number of benzene rings is 2. The maximum Gasteiger partial charge on any atom is 0.131 e. The molecule has 0 amide bonds. The molecule has 1 fully saturated rings. The lowest BCUT2D eigenvalue weighted by Crippen LogP contribution is -2.09. The second-order valence-corrected chi connectivity index (χ2v) is 6.28. The minimum atomic E-state index is -0.214. The first-order chi connectivity index (χ1) is 11.8. The Bertz CT molecular complexity index is 690. The molecule has 1 aliphatic rings. The van der Waals surface area contributed by atoms with Crippen LogP contribution in [0.5, 0.6) is 5.75 Å². The predicted octanol–water partition coefficient (Wildman–Crippen LogP) is 6.02. The third-order valence-electron chi connectivity index (χ3n) is 4.55. The van der Waals surface area contributed by atoms with Gasteiger partial charge in [-0.15, -0.1) is 0 Å². The van der Waals surface area contributed by atoms with Gasteiger partial charge in [0.05, 0.1) is 12.3 Å². The fourth-order valence-electron chi connectivity index (χ4n) is 3.42. The molecule has 0 N–H and O–H groups in total. The third kappa shape index (κ3) is 4.02. The highest BCUT2D eigenvalue weighted by Crippen LogP contribution is 2.39. The molecular weight excluding hydrogens is 301 g/mol. The number of hydrogen-bond donors (Lipinski definition) is 0. The van der Waals surface area contributed by atoms with Gasteiger partial charge in [-0.1, -0.05) is 37.5 Å². The Kier molecular flexibility index (Phi) is 5.63. The van der Waals surface area contributed by atoms with E-state index in [0.717, 1.165) is 35.4 Å². The van der Waals surface area contributed by atoms with Crippen molar-refractivity contribution in [1.82, 2.24) is 0 Å². The van der Waals surface area contributed by atoms with Gasteiger partial charge in [0, 0.05) is 17.3 Å². The van der Waals surface area contributed by atoms with Crippen LogP contribution < -0.4 is 4.74 Å². The smallest absolute Gasteiger partial charge is 0.131 e. The highest BCUT2D eigenvalue weighted by atomic mass is 19.1. The van der Waals surface area contributed by atoms with Crippen LogP contribution >= 0.6 is 0 Å². The van der Waals surface area contributed by atoms with Gasteiger partial charge < -0.3 is 4.74 Å². The standard InChI is InChI=1S/C21H24FNO/c1-2-24-21-17(15-23-19-11-7-4-8-12-19)13-18(22)14-20(21)16-9-5-3-6-10-16/h4,7-8,11-16H,2-3,5-6,9-10H2,1H3/b23-15+. The summed E-state index contributed by atoms with van der Waals surface area (Å²) in [4.78, 5) is 4.48. The lowest BCUT2D eigenvalue weighted by molar-refractivity contribution is 0.326. The van der Waals surface area contributed by atoms with Crippen molar-refractivity contribution in [2.75, 3.05) is 6.61 Å². The van der Waals surface area contributed by atoms with E-state index in [-0.39, 0.29) is 5.82 Å². The Morgan fingerprint density at radius 2 is 1.88 bits per heavy atom. The number of nitrogens with zero attached hydrogens (tertiary/aromatic N) is 1. The van der Waals surface area contributed by atoms with E-state index in [4.69, 9.17) is 4.74 Å². The van der Waals surface area contributed by atoms with Gasteiger partial charge in [-0.05, 0) is 49.9 Å². The lowest BCUT2D eigenvalue weighted by atomic mass is 9.83. The molecule has 0 aliphatic heterocycles. The van der Waals surface area contributed by atoms with Crippen molar-refractivity contribution in [2.24, 2.45) is 4.99 Å². The molecule has 0 saturated heterocycles. The predicted molar refractivity (Wildman–Crippen MR) is 97.1 cm³/mol. The van der Waals surface area contributed by atoms with E-state index in [1.165, 1.54) is 25.3 Å². The van der Waals surface area contributed by atoms with Gasteiger partial charge in [0.25, 0.3) is 0 Å². The summed E-state index contributed by atoms with van der Waals surface area (Å²) in [6, 6.07) is 12.9. The van der Waals surface area contributed by atoms with E-state index in [1.54, 1.807) is 12.3 Å². The molecule has 126 valence electrons. The lowest BCUT2D eigenvalue weighted by Gasteiger charge is -2.25. The largest absolute Gasteiger partial charge is 0.493 e. The molecule has 0 radical (unpaired) electrons. The van der Waals surface area contributed by atoms with Crippen LogP contribution in [0.3, 0.4) is 0 Å². The van der Waals surface area contributed by atoms with Crippen molar-refractivity contribution < 1.29 is 9.13 Å². The van der Waals surface area contributed by atoms with Crippen LogP contribution in [0.15, 0.2) is 47.5 Å². The Balaban J connectivity index is 1.97. The fourth-order valence-corrected chi connectivity index (χ4v) is 3.42. The van der Waals surface area contributed by atoms with Gasteiger partial charge >= 0.3 is 0 Å². The SMILES string of the molecule is CCOc1c(/C=N/c2ccccc2)cc(F)cc1C1CCCCC1. The Hall–Kier alpha value is -2.16. The van der Waals surface area contributed by atoms with Crippen LogP contribution in [0.2, 0.25) is 0 Å². The van der Waals surface area contributed by atoms with Gasteiger partial charge in [-0.25, -0.2) is 4.39 Å². The third-order valence-corrected chi connectivity index (χ3v) is 4.55. The molecule has 1 aliphatic carbocycles. The Morgan fingerprint density at radius 3 is 2.58 bits per heavy atom. The summed E-state index contributed by atoms with van der Waals surface area (Å²) in [5.41, 5.74) is 2.58. The van der Waals surface area contributed by atoms with Crippen molar-refractivity contribution in [3.63, 3.8) is 0 Å². The van der Waals surface area contributed by atoms with Gasteiger partial charge in [-0.2, -0.15) is 0 Å². The molecule has 1 saturated carbocycles. The summed E-state index contributed by atoms with van der Waals surface area (Å²) in [5.74, 6) is 0.971. The molecule has 3 rings (SSSR count). The zero-order chi connectivity index (χ0) is 16.8. The zero-order valence-electron chi connectivity index (χ0n) is 14.2. The molecular formula is C21H24FNO. The Labute approximate surface area is 143 Å². The van der Waals surface area contributed by atoms with Crippen LogP contribution in [0.1, 0.15) is 56.1 Å². The molecule has 0 aromatic heterocycles. The summed E-state index contributed by atoms with van der Waals surface area (Å²) >= 11 is 0. The molecule has 0 heterocycles. The van der Waals surface area contributed by atoms with Crippen molar-refractivity contribution in [2.45, 2.75) is 44.9 Å². The van der Waals surface area contributed by atoms with E-state index in [0.29, 0.717) is 12.5 Å². The van der Waals surface area contributed by atoms with Gasteiger partial charge in [0.15, 0.2) is 0 Å². The summed E-state index contributed by atoms with van der Waals surface area (Å²) in [6.07, 6.45) is 7.63. The molecule has 2 nitrogen and oxygen atoms in total. The van der Waals surface area contributed by atoms with E-state index < -0.39 is 0 Å². The normalized spacial score (nSPS) is 15.8. The van der Waals surface area contributed by atoms with E-state index in [1.807, 2.05) is 37.3 Å². The topological polar surface area (TPSA) is 21.6 Å². The fraction of sp³-hybridized carbons (Fsp3) is 0.381. The van der Waals surface area contributed by atoms with Gasteiger partial charge in [-0.3, -0.25) is 4.99 Å². The number of hydrogen-bond acceptors (Lipinski definition) is 2. The molecule has 2 aromatic carbocycles. The first-order valence-corrected chi connectivity index (χ1v) is 8.83. The van der Waals surface area contributed by atoms with Gasteiger partial charge in [0.1, 0.15) is 11.6 Å². The van der Waals surface area contributed by atoms with E-state index in [2.05, 4.69) is 4.99 Å². The van der Waals surface area contributed by atoms with E-state index >= 15 is 0 Å². The molecule has 0 bridgehead atoms. The summed E-state index contributed by atoms with van der Waals surface area (Å²) < 4.78 is 20.1. The van der Waals surface area contributed by atoms with Crippen LogP contribution in [0.4, 0.5) is 10.1 Å². The average Bonchev–Trinajstić information content (AvgIpc) is 2.63. The highest BCUT2D eigenvalue weighted by molar-refractivity contribution is 5.86. The molecule has 24 heavy (non-hydrogen) atoms. The summed E-state index contributed by atoms with van der Waals surface area (Å²) in [7, 11) is 0. The summed E-state index contributed by atoms with van der Waals surface area (Å²) in [5, 5.41) is 0. The van der Waals surface area contributed by atoms with Crippen molar-refractivity contribution in [3.8, 4) is 5.75 Å². The Morgan fingerprint density at radius 1 is 1.12 bits per heavy atom. The zero-order valence-corrected chi connectivity index (χ0v) is 14.2. The molecule has 3 heteroatoms. The second-order valence-electron chi connectivity index (χ2n) is 6.28. The molecule has 0 atom stereocenters. The van der Waals surface area contributed by atoms with Crippen LogP contribution in [0.25, 0.3) is 0 Å². The quantitative estimate of drug-likeness (QED) is 0.616. The van der Waals surface area contributed by atoms with E-state index in [9.17, 15) is 4.39 Å². The van der Waals surface area contributed by atoms with Crippen molar-refractivity contribution in [1.29, 1.82) is 0 Å². The van der Waals surface area contributed by atoms with Crippen LogP contribution in [-0.2, 0) is 0 Å². The maximum atomic E-state index is 14.2. The first-order valence-electron chi connectivity index (χ1n) is 8.83. The molecule has 0 unspecified atom stereocenters. The number of ether oxygens (including phenoxy) is 1. The second kappa shape index (κ2) is 8.09. The number of rotatable bonds is 5. The highest BCUT2D eigenvalue weighted by Gasteiger charge is 2.22.